The van der Waals surface area contributed by atoms with Gasteiger partial charge in [0.25, 0.3) is 0 Å². The van der Waals surface area contributed by atoms with Crippen LogP contribution in [-0.2, 0) is 10.8 Å². The summed E-state index contributed by atoms with van der Waals surface area (Å²) in [6.07, 6.45) is 1.91. The average Bonchev–Trinajstić information content (AvgIpc) is 3.23. The van der Waals surface area contributed by atoms with Crippen molar-refractivity contribution in [2.45, 2.75) is 65.2 Å². The monoisotopic (exact) mass is 574 g/mol. The van der Waals surface area contributed by atoms with Gasteiger partial charge in [-0.2, -0.15) is 0 Å². The van der Waals surface area contributed by atoms with Crippen molar-refractivity contribution in [3.8, 4) is 5.75 Å². The molecule has 0 aromatic heterocycles. The molecule has 0 saturated carbocycles. The molecule has 2 aliphatic rings. The third-order valence-electron chi connectivity index (χ3n) is 8.33. The Morgan fingerprint density at radius 3 is 2.22 bits per heavy atom. The number of amides is 2. The molecule has 1 saturated heterocycles. The summed E-state index contributed by atoms with van der Waals surface area (Å²) in [5, 5.41) is 17.8. The van der Waals surface area contributed by atoms with Crippen molar-refractivity contribution in [1.29, 1.82) is 0 Å². The molecule has 7 heteroatoms. The van der Waals surface area contributed by atoms with Crippen LogP contribution >= 0.6 is 11.6 Å². The fourth-order valence-electron chi connectivity index (χ4n) is 6.37. The Bertz CT molecular complexity index is 1410. The maximum atomic E-state index is 13.1. The number of likely N-dealkylation sites (tertiary alicyclic amines) is 1. The summed E-state index contributed by atoms with van der Waals surface area (Å²) in [6.45, 7) is 17.0. The van der Waals surface area contributed by atoms with Crippen LogP contribution in [0.1, 0.15) is 65.5 Å². The number of hydrogen-bond donors (Lipinski definition) is 3. The lowest BCUT2D eigenvalue weighted by atomic mass is 9.74. The average molecular weight is 575 g/mol. The quantitative estimate of drug-likeness (QED) is 0.292. The zero-order chi connectivity index (χ0) is 29.6. The Labute approximate surface area is 249 Å². The number of fused-ring (bicyclic) bond motifs is 2. The molecule has 218 valence electrons. The van der Waals surface area contributed by atoms with E-state index in [1.165, 1.54) is 5.56 Å². The van der Waals surface area contributed by atoms with Gasteiger partial charge < -0.3 is 25.5 Å². The van der Waals surface area contributed by atoms with Crippen LogP contribution in [0.15, 0.2) is 60.7 Å². The highest BCUT2D eigenvalue weighted by molar-refractivity contribution is 6.32. The zero-order valence-corrected chi connectivity index (χ0v) is 25.9. The van der Waals surface area contributed by atoms with Gasteiger partial charge in [-0.15, -0.1) is 0 Å². The number of urea groups is 1. The molecule has 0 unspecified atom stereocenters. The largest absolute Gasteiger partial charge is 0.506 e. The Morgan fingerprint density at radius 2 is 1.59 bits per heavy atom. The van der Waals surface area contributed by atoms with Crippen molar-refractivity contribution >= 4 is 40.4 Å². The van der Waals surface area contributed by atoms with E-state index in [2.05, 4.69) is 62.0 Å². The number of hydrogen-bond acceptors (Lipinski definition) is 4. The minimum Gasteiger partial charge on any atom is -0.506 e. The number of carbonyl (C=O) groups is 1. The SMILES string of the molecule is CC(C)(C)CN1CCC2(CC1)CN(c1ccccc1NC(=O)Nc1ccc(C(C)(C)C)cc1)c1c(O)ccc(Cl)c12. The van der Waals surface area contributed by atoms with Crippen molar-refractivity contribution in [1.82, 2.24) is 4.90 Å². The standard InChI is InChI=1S/C34H43ClN4O2/c1-32(2,3)21-38-19-17-34(18-20-38)22-39(30-28(40)16-15-25(35)29(30)34)27-10-8-7-9-26(27)37-31(41)36-24-13-11-23(12-14-24)33(4,5)6/h7-16,40H,17-22H2,1-6H3,(H2,36,37,41). The maximum Gasteiger partial charge on any atom is 0.323 e. The summed E-state index contributed by atoms with van der Waals surface area (Å²) in [5.74, 6) is 0.205. The molecule has 0 radical (unpaired) electrons. The van der Waals surface area contributed by atoms with Crippen molar-refractivity contribution in [3.63, 3.8) is 0 Å². The van der Waals surface area contributed by atoms with E-state index in [1.807, 2.05) is 54.6 Å². The molecule has 6 nitrogen and oxygen atoms in total. The van der Waals surface area contributed by atoms with Crippen molar-refractivity contribution in [3.05, 3.63) is 76.8 Å². The van der Waals surface area contributed by atoms with Crippen molar-refractivity contribution in [2.75, 3.05) is 41.7 Å². The summed E-state index contributed by atoms with van der Waals surface area (Å²) >= 11 is 6.88. The summed E-state index contributed by atoms with van der Waals surface area (Å²) < 4.78 is 0. The van der Waals surface area contributed by atoms with Gasteiger partial charge in [-0.3, -0.25) is 0 Å². The van der Waals surface area contributed by atoms with Gasteiger partial charge in [0, 0.05) is 34.8 Å². The third-order valence-corrected chi connectivity index (χ3v) is 8.64. The number of phenols is 1. The van der Waals surface area contributed by atoms with Gasteiger partial charge in [-0.1, -0.05) is 77.4 Å². The first-order valence-corrected chi connectivity index (χ1v) is 14.9. The smallest absolute Gasteiger partial charge is 0.323 e. The predicted molar refractivity (Wildman–Crippen MR) is 171 cm³/mol. The molecule has 3 aromatic rings. The molecule has 1 fully saturated rings. The van der Waals surface area contributed by atoms with Gasteiger partial charge in [0.1, 0.15) is 5.75 Å². The molecule has 0 atom stereocenters. The fourth-order valence-corrected chi connectivity index (χ4v) is 6.72. The number of aromatic hydroxyl groups is 1. The molecular weight excluding hydrogens is 532 g/mol. The summed E-state index contributed by atoms with van der Waals surface area (Å²) in [4.78, 5) is 17.8. The van der Waals surface area contributed by atoms with E-state index >= 15 is 0 Å². The topological polar surface area (TPSA) is 67.8 Å². The van der Waals surface area contributed by atoms with Crippen LogP contribution in [0.3, 0.4) is 0 Å². The fraction of sp³-hybridized carbons (Fsp3) is 0.441. The maximum absolute atomic E-state index is 13.1. The van der Waals surface area contributed by atoms with Gasteiger partial charge in [0.2, 0.25) is 0 Å². The Hall–Kier alpha value is -3.22. The lowest BCUT2D eigenvalue weighted by Crippen LogP contribution is -2.47. The molecule has 0 aliphatic carbocycles. The van der Waals surface area contributed by atoms with E-state index in [9.17, 15) is 9.90 Å². The number of para-hydroxylation sites is 2. The first kappa shape index (κ1) is 29.3. The van der Waals surface area contributed by atoms with Crippen LogP contribution in [0.25, 0.3) is 0 Å². The second-order valence-electron chi connectivity index (χ2n) is 13.9. The highest BCUT2D eigenvalue weighted by Crippen LogP contribution is 2.56. The summed E-state index contributed by atoms with van der Waals surface area (Å²) in [6, 6.07) is 18.9. The molecule has 2 heterocycles. The van der Waals surface area contributed by atoms with Crippen molar-refractivity contribution in [2.24, 2.45) is 5.41 Å². The first-order chi connectivity index (χ1) is 19.3. The van der Waals surface area contributed by atoms with E-state index in [0.717, 1.165) is 55.1 Å². The lowest BCUT2D eigenvalue weighted by Gasteiger charge is -2.42. The molecule has 41 heavy (non-hydrogen) atoms. The van der Waals surface area contributed by atoms with Crippen LogP contribution in [-0.4, -0.2) is 42.2 Å². The minimum absolute atomic E-state index is 0.0424. The summed E-state index contributed by atoms with van der Waals surface area (Å²) in [5.41, 5.74) is 5.30. The van der Waals surface area contributed by atoms with Gasteiger partial charge in [-0.25, -0.2) is 4.79 Å². The molecule has 2 aliphatic heterocycles. The van der Waals surface area contributed by atoms with Crippen LogP contribution in [0.5, 0.6) is 5.75 Å². The van der Waals surface area contributed by atoms with Gasteiger partial charge in [-0.05, 0) is 78.7 Å². The van der Waals surface area contributed by atoms with E-state index < -0.39 is 0 Å². The number of benzene rings is 3. The molecule has 2 amide bonds. The number of nitrogens with one attached hydrogen (secondary N) is 2. The van der Waals surface area contributed by atoms with Gasteiger partial charge in [0.05, 0.1) is 17.1 Å². The molecule has 1 spiro atoms. The summed E-state index contributed by atoms with van der Waals surface area (Å²) in [7, 11) is 0. The number of anilines is 4. The number of piperidine rings is 1. The van der Waals surface area contributed by atoms with E-state index in [1.54, 1.807) is 6.07 Å². The molecular formula is C34H43ClN4O2. The number of nitrogens with zero attached hydrogens (tertiary/aromatic N) is 2. The first-order valence-electron chi connectivity index (χ1n) is 14.6. The van der Waals surface area contributed by atoms with E-state index in [4.69, 9.17) is 11.6 Å². The number of rotatable bonds is 4. The van der Waals surface area contributed by atoms with E-state index in [-0.39, 0.29) is 28.0 Å². The van der Waals surface area contributed by atoms with E-state index in [0.29, 0.717) is 17.3 Å². The van der Waals surface area contributed by atoms with Crippen LogP contribution in [0.2, 0.25) is 5.02 Å². The van der Waals surface area contributed by atoms with Crippen LogP contribution in [0, 0.1) is 5.41 Å². The minimum atomic E-state index is -0.319. The second-order valence-corrected chi connectivity index (χ2v) is 14.3. The zero-order valence-electron chi connectivity index (χ0n) is 25.1. The molecule has 5 rings (SSSR count). The highest BCUT2D eigenvalue weighted by Gasteiger charge is 2.48. The van der Waals surface area contributed by atoms with Gasteiger partial charge >= 0.3 is 6.03 Å². The number of carbonyl (C=O) groups excluding carboxylic acids is 1. The van der Waals surface area contributed by atoms with Gasteiger partial charge in [0.15, 0.2) is 0 Å². The lowest BCUT2D eigenvalue weighted by molar-refractivity contribution is 0.125. The predicted octanol–water partition coefficient (Wildman–Crippen LogP) is 8.52. The Balaban J connectivity index is 1.40. The highest BCUT2D eigenvalue weighted by atomic mass is 35.5. The number of phenolic OH excluding ortho intramolecular Hbond substituents is 1. The second kappa shape index (κ2) is 10.9. The Morgan fingerprint density at radius 1 is 0.927 bits per heavy atom. The van der Waals surface area contributed by atoms with Crippen LogP contribution in [0.4, 0.5) is 27.5 Å². The molecule has 3 aromatic carbocycles. The Kier molecular flexibility index (Phi) is 7.77. The molecule has 0 bridgehead atoms. The van der Waals surface area contributed by atoms with Crippen molar-refractivity contribution < 1.29 is 9.90 Å². The number of halogens is 1. The third kappa shape index (κ3) is 6.19. The molecule has 3 N–H and O–H groups in total. The normalized spacial score (nSPS) is 17.0. The van der Waals surface area contributed by atoms with Crippen LogP contribution < -0.4 is 15.5 Å².